The molecule has 0 radical (unpaired) electrons. The van der Waals surface area contributed by atoms with Gasteiger partial charge in [0.05, 0.1) is 12.5 Å². The molecule has 2 saturated heterocycles. The zero-order valence-corrected chi connectivity index (χ0v) is 14.4. The summed E-state index contributed by atoms with van der Waals surface area (Å²) in [5, 5.41) is 1.14. The molecule has 5 heteroatoms. The van der Waals surface area contributed by atoms with Crippen LogP contribution in [0.2, 0.25) is 0 Å². The van der Waals surface area contributed by atoms with Crippen LogP contribution in [0.15, 0.2) is 42.9 Å². The Labute approximate surface area is 147 Å². The van der Waals surface area contributed by atoms with E-state index in [1.807, 2.05) is 6.20 Å². The predicted molar refractivity (Wildman–Crippen MR) is 98.1 cm³/mol. The highest BCUT2D eigenvalue weighted by atomic mass is 16.5. The molecule has 2 bridgehead atoms. The minimum atomic E-state index is 0.568. The summed E-state index contributed by atoms with van der Waals surface area (Å²) in [4.78, 5) is 14.8. The lowest BCUT2D eigenvalue weighted by molar-refractivity contribution is 0.408. The fraction of sp³-hybridized carbons (Fsp3) is 0.400. The smallest absolute Gasteiger partial charge is 0.142 e. The summed E-state index contributed by atoms with van der Waals surface area (Å²) in [5.41, 5.74) is 2.37. The predicted octanol–water partition coefficient (Wildman–Crippen LogP) is 3.88. The first-order chi connectivity index (χ1) is 12.3. The van der Waals surface area contributed by atoms with Crippen molar-refractivity contribution in [2.75, 3.05) is 12.0 Å². The second-order valence-corrected chi connectivity index (χ2v) is 7.17. The average Bonchev–Trinajstić information content (AvgIpc) is 3.23. The standard InChI is InChI=1S/C20H22N4O/c1-25-17-6-2-13(3-7-17)14-10-15-4-5-16(11-14)24(15)20-18-8-9-21-19(18)22-12-23-20/h2-3,6-9,12,14-16H,4-5,10-11H2,1H3,(H,21,22,23)/t14?,15-,16+. The maximum absolute atomic E-state index is 5.29. The first kappa shape index (κ1) is 14.8. The molecule has 2 aliphatic heterocycles. The van der Waals surface area contributed by atoms with Crippen LogP contribution >= 0.6 is 0 Å². The molecule has 3 atom stereocenters. The van der Waals surface area contributed by atoms with E-state index < -0.39 is 0 Å². The van der Waals surface area contributed by atoms with E-state index in [-0.39, 0.29) is 0 Å². The summed E-state index contributed by atoms with van der Waals surface area (Å²) >= 11 is 0. The van der Waals surface area contributed by atoms with E-state index in [9.17, 15) is 0 Å². The number of rotatable bonds is 3. The van der Waals surface area contributed by atoms with Gasteiger partial charge in [-0.2, -0.15) is 0 Å². The molecule has 128 valence electrons. The van der Waals surface area contributed by atoms with Gasteiger partial charge >= 0.3 is 0 Å². The summed E-state index contributed by atoms with van der Waals surface area (Å²) in [6.45, 7) is 0. The number of benzene rings is 1. The van der Waals surface area contributed by atoms with Gasteiger partial charge in [0.25, 0.3) is 0 Å². The number of nitrogens with one attached hydrogen (secondary N) is 1. The summed E-state index contributed by atoms with van der Waals surface area (Å²) in [6, 6.07) is 11.9. The first-order valence-corrected chi connectivity index (χ1v) is 9.04. The molecule has 4 heterocycles. The quantitative estimate of drug-likeness (QED) is 0.790. The molecule has 3 aromatic rings. The summed E-state index contributed by atoms with van der Waals surface area (Å²) in [5.74, 6) is 2.66. The molecule has 2 aromatic heterocycles. The number of H-pyrrole nitrogens is 1. The van der Waals surface area contributed by atoms with Crippen LogP contribution in [0.5, 0.6) is 5.75 Å². The number of hydrogen-bond acceptors (Lipinski definition) is 4. The molecule has 25 heavy (non-hydrogen) atoms. The maximum Gasteiger partial charge on any atom is 0.142 e. The monoisotopic (exact) mass is 334 g/mol. The van der Waals surface area contributed by atoms with Crippen molar-refractivity contribution < 1.29 is 4.74 Å². The molecular formula is C20H22N4O. The van der Waals surface area contributed by atoms with Gasteiger partial charge < -0.3 is 14.6 Å². The van der Waals surface area contributed by atoms with Crippen LogP contribution in [0, 0.1) is 0 Å². The topological polar surface area (TPSA) is 54.0 Å². The van der Waals surface area contributed by atoms with E-state index in [0.29, 0.717) is 18.0 Å². The van der Waals surface area contributed by atoms with Gasteiger partial charge in [-0.05, 0) is 55.4 Å². The molecule has 0 aliphatic carbocycles. The Hall–Kier alpha value is -2.56. The fourth-order valence-electron chi connectivity index (χ4n) is 4.74. The third kappa shape index (κ3) is 2.37. The lowest BCUT2D eigenvalue weighted by atomic mass is 9.85. The summed E-state index contributed by atoms with van der Waals surface area (Å²) < 4.78 is 5.29. The number of methoxy groups -OCH3 is 1. The lowest BCUT2D eigenvalue weighted by Crippen LogP contribution is -2.43. The van der Waals surface area contributed by atoms with Gasteiger partial charge in [0.15, 0.2) is 0 Å². The fourth-order valence-corrected chi connectivity index (χ4v) is 4.74. The molecule has 0 saturated carbocycles. The van der Waals surface area contributed by atoms with Gasteiger partial charge in [-0.25, -0.2) is 9.97 Å². The SMILES string of the molecule is COc1ccc(C2C[C@H]3CC[C@@H](C2)N3c2ncnc3[nH]ccc23)cc1. The van der Waals surface area contributed by atoms with E-state index in [1.165, 1.54) is 31.2 Å². The molecule has 2 fully saturated rings. The Morgan fingerprint density at radius 2 is 1.80 bits per heavy atom. The minimum absolute atomic E-state index is 0.568. The van der Waals surface area contributed by atoms with Crippen LogP contribution in [0.25, 0.3) is 11.0 Å². The first-order valence-electron chi connectivity index (χ1n) is 9.04. The van der Waals surface area contributed by atoms with E-state index in [4.69, 9.17) is 4.74 Å². The molecule has 0 spiro atoms. The van der Waals surface area contributed by atoms with Gasteiger partial charge in [0.1, 0.15) is 23.5 Å². The van der Waals surface area contributed by atoms with Crippen molar-refractivity contribution in [3.05, 3.63) is 48.4 Å². The highest BCUT2D eigenvalue weighted by molar-refractivity contribution is 5.87. The van der Waals surface area contributed by atoms with Crippen LogP contribution in [0.3, 0.4) is 0 Å². The maximum atomic E-state index is 5.29. The van der Waals surface area contributed by atoms with Crippen LogP contribution in [0.4, 0.5) is 5.82 Å². The Kier molecular flexibility index (Phi) is 3.40. The van der Waals surface area contributed by atoms with Crippen LogP contribution in [0.1, 0.15) is 37.2 Å². The summed E-state index contributed by atoms with van der Waals surface area (Å²) in [6.07, 6.45) is 8.54. The van der Waals surface area contributed by atoms with Crippen molar-refractivity contribution in [3.63, 3.8) is 0 Å². The average molecular weight is 334 g/mol. The third-order valence-corrected chi connectivity index (χ3v) is 5.90. The van der Waals surface area contributed by atoms with Crippen LogP contribution in [-0.4, -0.2) is 34.1 Å². The summed E-state index contributed by atoms with van der Waals surface area (Å²) in [7, 11) is 1.72. The van der Waals surface area contributed by atoms with Crippen molar-refractivity contribution in [1.29, 1.82) is 0 Å². The van der Waals surface area contributed by atoms with Crippen molar-refractivity contribution in [1.82, 2.24) is 15.0 Å². The number of piperidine rings is 1. The number of aromatic amines is 1. The van der Waals surface area contributed by atoms with Crippen LogP contribution in [-0.2, 0) is 0 Å². The van der Waals surface area contributed by atoms with E-state index in [1.54, 1.807) is 13.4 Å². The van der Waals surface area contributed by atoms with E-state index in [0.717, 1.165) is 22.6 Å². The molecule has 5 nitrogen and oxygen atoms in total. The molecule has 0 amide bonds. The van der Waals surface area contributed by atoms with Gasteiger partial charge in [-0.1, -0.05) is 12.1 Å². The van der Waals surface area contributed by atoms with Crippen molar-refractivity contribution in [3.8, 4) is 5.75 Å². The highest BCUT2D eigenvalue weighted by Crippen LogP contribution is 2.46. The normalized spacial score (nSPS) is 25.5. The van der Waals surface area contributed by atoms with Crippen molar-refractivity contribution in [2.24, 2.45) is 0 Å². The highest BCUT2D eigenvalue weighted by Gasteiger charge is 2.42. The number of aromatic nitrogens is 3. The number of anilines is 1. The van der Waals surface area contributed by atoms with Crippen molar-refractivity contribution >= 4 is 16.9 Å². The second-order valence-electron chi connectivity index (χ2n) is 7.17. The van der Waals surface area contributed by atoms with E-state index >= 15 is 0 Å². The van der Waals surface area contributed by atoms with Gasteiger partial charge in [-0.15, -0.1) is 0 Å². The third-order valence-electron chi connectivity index (χ3n) is 5.90. The Morgan fingerprint density at radius 3 is 2.52 bits per heavy atom. The van der Waals surface area contributed by atoms with E-state index in [2.05, 4.69) is 50.2 Å². The Balaban J connectivity index is 1.44. The molecule has 1 unspecified atom stereocenters. The number of ether oxygens (including phenoxy) is 1. The zero-order valence-electron chi connectivity index (χ0n) is 14.4. The number of hydrogen-bond donors (Lipinski definition) is 1. The minimum Gasteiger partial charge on any atom is -0.497 e. The number of fused-ring (bicyclic) bond motifs is 3. The molecule has 2 aliphatic rings. The Morgan fingerprint density at radius 1 is 1.04 bits per heavy atom. The molecule has 5 rings (SSSR count). The van der Waals surface area contributed by atoms with Gasteiger partial charge in [-0.3, -0.25) is 0 Å². The van der Waals surface area contributed by atoms with Crippen LogP contribution < -0.4 is 9.64 Å². The molecular weight excluding hydrogens is 312 g/mol. The molecule has 1 N–H and O–H groups in total. The largest absolute Gasteiger partial charge is 0.497 e. The van der Waals surface area contributed by atoms with Gasteiger partial charge in [0, 0.05) is 18.3 Å². The van der Waals surface area contributed by atoms with Crippen molar-refractivity contribution in [2.45, 2.75) is 43.7 Å². The lowest BCUT2D eigenvalue weighted by Gasteiger charge is -2.40. The second kappa shape index (κ2) is 5.76. The zero-order chi connectivity index (χ0) is 16.8. The van der Waals surface area contributed by atoms with Gasteiger partial charge in [0.2, 0.25) is 0 Å². The number of nitrogens with zero attached hydrogens (tertiary/aromatic N) is 3. The Bertz CT molecular complexity index is 874. The molecule has 1 aromatic carbocycles.